The van der Waals surface area contributed by atoms with Gasteiger partial charge in [0.15, 0.2) is 0 Å². The van der Waals surface area contributed by atoms with Gasteiger partial charge in [-0.1, -0.05) is 0 Å². The Bertz CT molecular complexity index is 453. The molecule has 0 aliphatic heterocycles. The molecule has 0 saturated carbocycles. The lowest BCUT2D eigenvalue weighted by Crippen LogP contribution is -2.51. The van der Waals surface area contributed by atoms with Crippen molar-refractivity contribution in [1.82, 2.24) is 0 Å². The van der Waals surface area contributed by atoms with Gasteiger partial charge in [-0.2, -0.15) is 5.26 Å². The van der Waals surface area contributed by atoms with Gasteiger partial charge >= 0.3 is 0 Å². The van der Waals surface area contributed by atoms with E-state index in [0.29, 0.717) is 11.3 Å². The molecule has 0 unspecified atom stereocenters. The van der Waals surface area contributed by atoms with Crippen LogP contribution in [-0.4, -0.2) is 16.2 Å². The number of hydrogen-bond donors (Lipinski definition) is 3. The van der Waals surface area contributed by atoms with E-state index in [1.54, 1.807) is 32.0 Å². The van der Waals surface area contributed by atoms with Crippen molar-refractivity contribution in [3.63, 3.8) is 0 Å². The average molecular weight is 233 g/mol. The van der Waals surface area contributed by atoms with Gasteiger partial charge in [0.1, 0.15) is 0 Å². The number of aliphatic hydroxyl groups is 1. The van der Waals surface area contributed by atoms with Crippen LogP contribution in [0.2, 0.25) is 0 Å². The van der Waals surface area contributed by atoms with Crippen LogP contribution in [0.25, 0.3) is 0 Å². The second kappa shape index (κ2) is 4.27. The zero-order valence-electron chi connectivity index (χ0n) is 10.7. The van der Waals surface area contributed by atoms with Gasteiger partial charge < -0.3 is 16.2 Å². The van der Waals surface area contributed by atoms with Gasteiger partial charge in [-0.3, -0.25) is 0 Å². The van der Waals surface area contributed by atoms with E-state index in [-0.39, 0.29) is 0 Å². The molecular formula is C13H19N3O. The number of benzene rings is 1. The summed E-state index contributed by atoms with van der Waals surface area (Å²) in [6, 6.07) is 7.09. The van der Waals surface area contributed by atoms with Crippen molar-refractivity contribution in [3.05, 3.63) is 23.8 Å². The summed E-state index contributed by atoms with van der Waals surface area (Å²) >= 11 is 0. The molecule has 0 saturated heterocycles. The van der Waals surface area contributed by atoms with E-state index in [0.717, 1.165) is 5.69 Å². The largest absolute Gasteiger partial charge is 0.397 e. The summed E-state index contributed by atoms with van der Waals surface area (Å²) in [5, 5.41) is 22.0. The molecule has 1 aromatic carbocycles. The minimum absolute atomic E-state index is 0.501. The fraction of sp³-hybridized carbons (Fsp3) is 0.462. The van der Waals surface area contributed by atoms with Crippen LogP contribution < -0.4 is 11.1 Å². The molecule has 1 rings (SSSR count). The van der Waals surface area contributed by atoms with Gasteiger partial charge in [0.2, 0.25) is 0 Å². The Morgan fingerprint density at radius 2 is 1.88 bits per heavy atom. The van der Waals surface area contributed by atoms with Crippen molar-refractivity contribution in [2.75, 3.05) is 11.1 Å². The predicted molar refractivity (Wildman–Crippen MR) is 69.6 cm³/mol. The minimum atomic E-state index is -0.895. The summed E-state index contributed by atoms with van der Waals surface area (Å²) < 4.78 is 0. The van der Waals surface area contributed by atoms with Crippen LogP contribution in [0.4, 0.5) is 11.4 Å². The maximum atomic E-state index is 10.0. The predicted octanol–water partition coefficient (Wildman–Crippen LogP) is 2.10. The molecule has 0 heterocycles. The van der Waals surface area contributed by atoms with E-state index in [1.807, 2.05) is 19.9 Å². The van der Waals surface area contributed by atoms with E-state index in [1.165, 1.54) is 0 Å². The van der Waals surface area contributed by atoms with Crippen LogP contribution in [0.3, 0.4) is 0 Å². The van der Waals surface area contributed by atoms with Crippen LogP contribution >= 0.6 is 0 Å². The van der Waals surface area contributed by atoms with Gasteiger partial charge in [-0.15, -0.1) is 0 Å². The number of anilines is 2. The van der Waals surface area contributed by atoms with Crippen molar-refractivity contribution in [2.45, 2.75) is 38.8 Å². The zero-order valence-corrected chi connectivity index (χ0v) is 10.7. The first kappa shape index (κ1) is 13.3. The Morgan fingerprint density at radius 1 is 1.29 bits per heavy atom. The Kier molecular flexibility index (Phi) is 3.35. The summed E-state index contributed by atoms with van der Waals surface area (Å²) in [6.45, 7) is 7.26. The van der Waals surface area contributed by atoms with Gasteiger partial charge in [0, 0.05) is 0 Å². The third-order valence-electron chi connectivity index (χ3n) is 3.16. The molecule has 0 aliphatic rings. The van der Waals surface area contributed by atoms with E-state index in [9.17, 15) is 5.11 Å². The van der Waals surface area contributed by atoms with Crippen molar-refractivity contribution in [2.24, 2.45) is 0 Å². The summed E-state index contributed by atoms with van der Waals surface area (Å²) in [7, 11) is 0. The maximum absolute atomic E-state index is 10.0. The summed E-state index contributed by atoms with van der Waals surface area (Å²) in [4.78, 5) is 0. The lowest BCUT2D eigenvalue weighted by molar-refractivity contribution is 0.0241. The number of nitriles is 1. The minimum Gasteiger partial charge on any atom is -0.397 e. The van der Waals surface area contributed by atoms with Crippen molar-refractivity contribution < 1.29 is 5.11 Å². The highest BCUT2D eigenvalue weighted by Gasteiger charge is 2.35. The fourth-order valence-corrected chi connectivity index (χ4v) is 1.24. The molecule has 1 aromatic rings. The molecule has 17 heavy (non-hydrogen) atoms. The average Bonchev–Trinajstić information content (AvgIpc) is 2.19. The first-order valence-corrected chi connectivity index (χ1v) is 5.47. The molecule has 0 aliphatic carbocycles. The monoisotopic (exact) mass is 233 g/mol. The third kappa shape index (κ3) is 2.89. The highest BCUT2D eigenvalue weighted by atomic mass is 16.3. The summed E-state index contributed by atoms with van der Waals surface area (Å²) in [5.41, 5.74) is 6.17. The standard InChI is InChI=1S/C13H19N3O/c1-12(2,13(3,4)17)16-11-6-5-9(8-14)7-10(11)15/h5-7,16-17H,15H2,1-4H3. The molecule has 4 heteroatoms. The van der Waals surface area contributed by atoms with Gasteiger partial charge in [-0.25, -0.2) is 0 Å². The Labute approximate surface area is 102 Å². The molecule has 0 amide bonds. The van der Waals surface area contributed by atoms with E-state index < -0.39 is 11.1 Å². The summed E-state index contributed by atoms with van der Waals surface area (Å²) in [5.74, 6) is 0. The Morgan fingerprint density at radius 3 is 2.29 bits per heavy atom. The van der Waals surface area contributed by atoms with Crippen LogP contribution in [0.15, 0.2) is 18.2 Å². The lowest BCUT2D eigenvalue weighted by atomic mass is 9.85. The van der Waals surface area contributed by atoms with Crippen molar-refractivity contribution in [1.29, 1.82) is 5.26 Å². The molecule has 0 radical (unpaired) electrons. The number of nitrogens with two attached hydrogens (primary N) is 1. The maximum Gasteiger partial charge on any atom is 0.0992 e. The van der Waals surface area contributed by atoms with Crippen molar-refractivity contribution >= 4 is 11.4 Å². The van der Waals surface area contributed by atoms with E-state index in [4.69, 9.17) is 11.0 Å². The van der Waals surface area contributed by atoms with Crippen LogP contribution in [-0.2, 0) is 0 Å². The number of nitrogens with zero attached hydrogens (tertiary/aromatic N) is 1. The van der Waals surface area contributed by atoms with Crippen LogP contribution in [0.1, 0.15) is 33.3 Å². The van der Waals surface area contributed by atoms with Crippen LogP contribution in [0, 0.1) is 11.3 Å². The SMILES string of the molecule is CC(C)(O)C(C)(C)Nc1ccc(C#N)cc1N. The van der Waals surface area contributed by atoms with Gasteiger partial charge in [0.25, 0.3) is 0 Å². The smallest absolute Gasteiger partial charge is 0.0992 e. The Hall–Kier alpha value is -1.73. The highest BCUT2D eigenvalue weighted by Crippen LogP contribution is 2.29. The molecule has 0 bridgehead atoms. The van der Waals surface area contributed by atoms with E-state index >= 15 is 0 Å². The molecular weight excluding hydrogens is 214 g/mol. The number of nitrogens with one attached hydrogen (secondary N) is 1. The van der Waals surface area contributed by atoms with E-state index in [2.05, 4.69) is 5.32 Å². The topological polar surface area (TPSA) is 82.1 Å². The highest BCUT2D eigenvalue weighted by molar-refractivity contribution is 5.69. The Balaban J connectivity index is 3.02. The fourth-order valence-electron chi connectivity index (χ4n) is 1.24. The number of hydrogen-bond acceptors (Lipinski definition) is 4. The van der Waals surface area contributed by atoms with Gasteiger partial charge in [0.05, 0.1) is 34.1 Å². The molecule has 0 spiro atoms. The van der Waals surface area contributed by atoms with Crippen molar-refractivity contribution in [3.8, 4) is 6.07 Å². The summed E-state index contributed by atoms with van der Waals surface area (Å²) in [6.07, 6.45) is 0. The molecule has 4 nitrogen and oxygen atoms in total. The first-order chi connectivity index (χ1) is 7.67. The molecule has 0 atom stereocenters. The second-order valence-corrected chi connectivity index (χ2v) is 5.22. The van der Waals surface area contributed by atoms with Crippen LogP contribution in [0.5, 0.6) is 0 Å². The zero-order chi connectivity index (χ0) is 13.3. The third-order valence-corrected chi connectivity index (χ3v) is 3.16. The molecule has 0 fully saturated rings. The first-order valence-electron chi connectivity index (χ1n) is 5.47. The normalized spacial score (nSPS) is 12.0. The molecule has 0 aromatic heterocycles. The lowest BCUT2D eigenvalue weighted by Gasteiger charge is -2.39. The number of rotatable bonds is 3. The quantitative estimate of drug-likeness (QED) is 0.698. The second-order valence-electron chi connectivity index (χ2n) is 5.22. The molecule has 4 N–H and O–H groups in total. The van der Waals surface area contributed by atoms with Gasteiger partial charge in [-0.05, 0) is 45.9 Å². The molecule has 92 valence electrons. The number of nitrogen functional groups attached to an aromatic ring is 1.